The van der Waals surface area contributed by atoms with Gasteiger partial charge in [0.05, 0.1) is 18.9 Å². The van der Waals surface area contributed by atoms with Gasteiger partial charge in [0, 0.05) is 19.6 Å². The van der Waals surface area contributed by atoms with Crippen LogP contribution in [-0.4, -0.2) is 70.9 Å². The Morgan fingerprint density at radius 2 is 1.62 bits per heavy atom. The molecule has 0 bridgehead atoms. The highest BCUT2D eigenvalue weighted by Crippen LogP contribution is 2.28. The number of guanidine groups is 1. The molecule has 0 aromatic heterocycles. The number of morpholine rings is 1. The first-order chi connectivity index (χ1) is 13.5. The van der Waals surface area contributed by atoms with Gasteiger partial charge in [-0.3, -0.25) is 4.90 Å². The Morgan fingerprint density at radius 1 is 1.17 bits per heavy atom. The number of benzene rings is 1. The number of rotatable bonds is 5. The smallest absolute Gasteiger partial charge is 0.291 e. The van der Waals surface area contributed by atoms with Crippen LogP contribution >= 0.6 is 0 Å². The molecule has 0 saturated carbocycles. The Labute approximate surface area is 166 Å². The molecule has 2 rings (SSSR count). The van der Waals surface area contributed by atoms with E-state index < -0.39 is 10.2 Å². The topological polar surface area (TPSA) is 213 Å². The number of nitrogens with two attached hydrogens (primary N) is 2. The van der Waals surface area contributed by atoms with Crippen molar-refractivity contribution in [2.45, 2.75) is 13.8 Å². The Kier molecular flexibility index (Phi) is 12.1. The number of aryl methyl sites for hydroxylation is 2. The zero-order chi connectivity index (χ0) is 22.4. The van der Waals surface area contributed by atoms with E-state index in [9.17, 15) is 0 Å². The van der Waals surface area contributed by atoms with Crippen molar-refractivity contribution in [3.8, 4) is 5.75 Å². The summed E-state index contributed by atoms with van der Waals surface area (Å²) in [6, 6.07) is 3.85. The van der Waals surface area contributed by atoms with E-state index in [0.29, 0.717) is 6.61 Å². The highest BCUT2D eigenvalue weighted by atomic mass is 16.9. The summed E-state index contributed by atoms with van der Waals surface area (Å²) in [6.45, 7) is 9.17. The van der Waals surface area contributed by atoms with E-state index in [1.165, 1.54) is 0 Å². The number of hydrogen-bond acceptors (Lipinski definition) is 8. The molecular formula is C15H26N6O8. The zero-order valence-corrected chi connectivity index (χ0v) is 16.2. The van der Waals surface area contributed by atoms with E-state index in [4.69, 9.17) is 51.6 Å². The van der Waals surface area contributed by atoms with Crippen LogP contribution in [0.5, 0.6) is 5.75 Å². The molecule has 1 fully saturated rings. The summed E-state index contributed by atoms with van der Waals surface area (Å²) in [5.41, 5.74) is 13.6. The first kappa shape index (κ1) is 25.6. The van der Waals surface area contributed by atoms with Crippen molar-refractivity contribution in [1.29, 1.82) is 0 Å². The van der Waals surface area contributed by atoms with Crippen LogP contribution in [-0.2, 0) is 4.74 Å². The van der Waals surface area contributed by atoms with Gasteiger partial charge in [0.15, 0.2) is 5.96 Å². The fourth-order valence-electron chi connectivity index (χ4n) is 2.47. The second-order valence-electron chi connectivity index (χ2n) is 5.72. The molecule has 1 heterocycles. The average molecular weight is 418 g/mol. The van der Waals surface area contributed by atoms with Crippen LogP contribution in [0.1, 0.15) is 11.1 Å². The van der Waals surface area contributed by atoms with Gasteiger partial charge in [-0.2, -0.15) is 0 Å². The van der Waals surface area contributed by atoms with E-state index in [1.807, 2.05) is 26.0 Å². The maximum Gasteiger partial charge on any atom is 0.291 e. The van der Waals surface area contributed by atoms with Gasteiger partial charge >= 0.3 is 0 Å². The van der Waals surface area contributed by atoms with E-state index >= 15 is 0 Å². The standard InChI is InChI=1S/C15H24N4O2.2HNO3/c1-11-9-13(18-15(16)17)10-12(2)14(11)21-8-5-19-3-6-20-7-4-19;2*2-1(3)4/h9-10H,3-8H2,1-2H3,(H4,16,17,18);2*(H,2,3,4). The molecule has 6 N–H and O–H groups in total. The highest BCUT2D eigenvalue weighted by molar-refractivity contribution is 5.79. The van der Waals surface area contributed by atoms with Crippen LogP contribution in [0.3, 0.4) is 0 Å². The van der Waals surface area contributed by atoms with E-state index in [1.54, 1.807) is 0 Å². The van der Waals surface area contributed by atoms with Crippen LogP contribution in [0.4, 0.5) is 5.69 Å². The molecule has 0 aliphatic carbocycles. The van der Waals surface area contributed by atoms with Gasteiger partial charge < -0.3 is 31.4 Å². The molecule has 1 aromatic rings. The van der Waals surface area contributed by atoms with E-state index in [0.717, 1.165) is 55.4 Å². The minimum absolute atomic E-state index is 0.0646. The minimum atomic E-state index is -1.50. The molecule has 1 aliphatic rings. The molecule has 1 aromatic carbocycles. The van der Waals surface area contributed by atoms with Crippen LogP contribution < -0.4 is 16.2 Å². The predicted octanol–water partition coefficient (Wildman–Crippen LogP) is 0.224. The first-order valence-corrected chi connectivity index (χ1v) is 8.33. The number of hydrogen-bond donors (Lipinski definition) is 4. The van der Waals surface area contributed by atoms with Crippen molar-refractivity contribution in [2.75, 3.05) is 39.5 Å². The summed E-state index contributed by atoms with van der Waals surface area (Å²) >= 11 is 0. The summed E-state index contributed by atoms with van der Waals surface area (Å²) in [4.78, 5) is 23.1. The molecule has 0 radical (unpaired) electrons. The number of aliphatic imine (C=N–C) groups is 1. The largest absolute Gasteiger partial charge is 0.492 e. The third-order valence-electron chi connectivity index (χ3n) is 3.46. The summed E-state index contributed by atoms with van der Waals surface area (Å²) in [5.74, 6) is 0.979. The SMILES string of the molecule is Cc1cc(N=C(N)N)cc(C)c1OCCN1CCOCC1.O=[N+]([O-])O.O=[N+]([O-])O. The Morgan fingerprint density at radius 3 is 2.03 bits per heavy atom. The Balaban J connectivity index is 0.000000837. The quantitative estimate of drug-likeness (QED) is 0.220. The van der Waals surface area contributed by atoms with Gasteiger partial charge in [0.2, 0.25) is 0 Å². The fourth-order valence-corrected chi connectivity index (χ4v) is 2.47. The van der Waals surface area contributed by atoms with Gasteiger partial charge in [0.25, 0.3) is 10.2 Å². The highest BCUT2D eigenvalue weighted by Gasteiger charge is 2.11. The molecule has 0 amide bonds. The molecule has 0 atom stereocenters. The van der Waals surface area contributed by atoms with Crippen LogP contribution in [0.25, 0.3) is 0 Å². The first-order valence-electron chi connectivity index (χ1n) is 8.33. The molecule has 0 spiro atoms. The summed E-state index contributed by atoms with van der Waals surface area (Å²) in [5, 5.41) is 27.3. The Hall–Kier alpha value is -3.39. The van der Waals surface area contributed by atoms with Gasteiger partial charge in [-0.15, -0.1) is 20.2 Å². The molecule has 1 aliphatic heterocycles. The lowest BCUT2D eigenvalue weighted by atomic mass is 10.1. The molecule has 1 saturated heterocycles. The third kappa shape index (κ3) is 13.4. The third-order valence-corrected chi connectivity index (χ3v) is 3.46. The number of nitrogens with zero attached hydrogens (tertiary/aromatic N) is 4. The normalized spacial score (nSPS) is 13.0. The zero-order valence-electron chi connectivity index (χ0n) is 16.2. The van der Waals surface area contributed by atoms with Crippen molar-refractivity contribution < 1.29 is 30.1 Å². The molecular weight excluding hydrogens is 392 g/mol. The van der Waals surface area contributed by atoms with Crippen molar-refractivity contribution >= 4 is 11.6 Å². The van der Waals surface area contributed by atoms with Gasteiger partial charge in [0.1, 0.15) is 12.4 Å². The lowest BCUT2D eigenvalue weighted by Gasteiger charge is -2.26. The van der Waals surface area contributed by atoms with E-state index in [2.05, 4.69) is 9.89 Å². The molecule has 29 heavy (non-hydrogen) atoms. The summed E-state index contributed by atoms with van der Waals surface area (Å²) < 4.78 is 11.3. The molecule has 14 nitrogen and oxygen atoms in total. The van der Waals surface area contributed by atoms with Gasteiger partial charge in [-0.1, -0.05) is 0 Å². The second-order valence-corrected chi connectivity index (χ2v) is 5.72. The summed E-state index contributed by atoms with van der Waals surface area (Å²) in [7, 11) is 0. The monoisotopic (exact) mass is 418 g/mol. The lowest BCUT2D eigenvalue weighted by molar-refractivity contribution is -0.742. The fraction of sp³-hybridized carbons (Fsp3) is 0.533. The van der Waals surface area contributed by atoms with Gasteiger partial charge in [-0.05, 0) is 37.1 Å². The summed E-state index contributed by atoms with van der Waals surface area (Å²) in [6.07, 6.45) is 0. The van der Waals surface area contributed by atoms with Crippen molar-refractivity contribution in [1.82, 2.24) is 4.90 Å². The number of ether oxygens (including phenoxy) is 2. The van der Waals surface area contributed by atoms with Gasteiger partial charge in [-0.25, -0.2) is 4.99 Å². The maximum absolute atomic E-state index is 8.36. The minimum Gasteiger partial charge on any atom is -0.492 e. The van der Waals surface area contributed by atoms with Crippen LogP contribution in [0.2, 0.25) is 0 Å². The predicted molar refractivity (Wildman–Crippen MR) is 102 cm³/mol. The average Bonchev–Trinajstić information content (AvgIpc) is 2.56. The second kappa shape index (κ2) is 13.7. The van der Waals surface area contributed by atoms with Crippen LogP contribution in [0, 0.1) is 34.1 Å². The van der Waals surface area contributed by atoms with E-state index in [-0.39, 0.29) is 5.96 Å². The maximum atomic E-state index is 8.36. The molecule has 0 unspecified atom stereocenters. The Bertz CT molecular complexity index is 646. The molecule has 164 valence electrons. The van der Waals surface area contributed by atoms with Crippen molar-refractivity contribution in [3.63, 3.8) is 0 Å². The van der Waals surface area contributed by atoms with Crippen molar-refractivity contribution in [2.24, 2.45) is 16.5 Å². The molecule has 14 heteroatoms. The lowest BCUT2D eigenvalue weighted by Crippen LogP contribution is -2.38. The van der Waals surface area contributed by atoms with Crippen LogP contribution in [0.15, 0.2) is 17.1 Å². The van der Waals surface area contributed by atoms with Crippen molar-refractivity contribution in [3.05, 3.63) is 43.5 Å².